The minimum absolute atomic E-state index is 1.04. The molecule has 1 aromatic heterocycles. The lowest BCUT2D eigenvalue weighted by atomic mass is 9.95. The summed E-state index contributed by atoms with van der Waals surface area (Å²) >= 11 is 0. The van der Waals surface area contributed by atoms with Crippen molar-refractivity contribution in [2.45, 2.75) is 33.1 Å². The van der Waals surface area contributed by atoms with Crippen LogP contribution >= 0.6 is 0 Å². The maximum Gasteiger partial charge on any atom is 0.0736 e. The Bertz CT molecular complexity index is 759. The maximum absolute atomic E-state index is 4.58. The van der Waals surface area contributed by atoms with Crippen molar-refractivity contribution in [3.63, 3.8) is 0 Å². The molecule has 0 aliphatic heterocycles. The summed E-state index contributed by atoms with van der Waals surface area (Å²) in [5, 5.41) is 1.24. The van der Waals surface area contributed by atoms with Crippen molar-refractivity contribution in [1.29, 1.82) is 0 Å². The Labute approximate surface area is 126 Å². The quantitative estimate of drug-likeness (QED) is 0.660. The van der Waals surface area contributed by atoms with Gasteiger partial charge in [-0.05, 0) is 48.9 Å². The average Bonchev–Trinajstić information content (AvgIpc) is 2.52. The highest BCUT2D eigenvalue weighted by atomic mass is 14.6. The smallest absolute Gasteiger partial charge is 0.0736 e. The molecule has 0 saturated heterocycles. The molecule has 0 amide bonds. The first-order valence-electron chi connectivity index (χ1n) is 7.69. The lowest BCUT2D eigenvalue weighted by Crippen LogP contribution is -1.99. The molecule has 0 N–H and O–H groups in total. The van der Waals surface area contributed by atoms with Gasteiger partial charge in [-0.3, -0.25) is 4.98 Å². The first kappa shape index (κ1) is 13.8. The Morgan fingerprint density at radius 1 is 0.952 bits per heavy atom. The molecule has 21 heavy (non-hydrogen) atoms. The van der Waals surface area contributed by atoms with E-state index in [1.165, 1.54) is 33.2 Å². The lowest BCUT2D eigenvalue weighted by molar-refractivity contribution is 0.933. The minimum Gasteiger partial charge on any atom is -0.256 e. The van der Waals surface area contributed by atoms with Gasteiger partial charge in [0.2, 0.25) is 0 Å². The van der Waals surface area contributed by atoms with E-state index in [4.69, 9.17) is 0 Å². The molecule has 0 saturated carbocycles. The normalized spacial score (nSPS) is 11.0. The van der Waals surface area contributed by atoms with Crippen molar-refractivity contribution in [1.82, 2.24) is 4.98 Å². The number of aryl methyl sites for hydroxylation is 4. The van der Waals surface area contributed by atoms with Crippen LogP contribution in [0.3, 0.4) is 0 Å². The molecule has 0 unspecified atom stereocenters. The van der Waals surface area contributed by atoms with Crippen LogP contribution in [0.4, 0.5) is 0 Å². The Balaban J connectivity index is 1.90. The van der Waals surface area contributed by atoms with E-state index in [0.717, 1.165) is 19.3 Å². The highest BCUT2D eigenvalue weighted by Gasteiger charge is 2.07. The number of hydrogen-bond donors (Lipinski definition) is 0. The summed E-state index contributed by atoms with van der Waals surface area (Å²) in [6.07, 6.45) is 5.11. The van der Waals surface area contributed by atoms with Gasteiger partial charge in [0.05, 0.1) is 5.52 Å². The third-order valence-corrected chi connectivity index (χ3v) is 4.10. The van der Waals surface area contributed by atoms with Crippen LogP contribution in [0, 0.1) is 6.92 Å². The van der Waals surface area contributed by atoms with E-state index in [0.29, 0.717) is 0 Å². The monoisotopic (exact) mass is 275 g/mol. The van der Waals surface area contributed by atoms with E-state index in [9.17, 15) is 0 Å². The van der Waals surface area contributed by atoms with Gasteiger partial charge >= 0.3 is 0 Å². The largest absolute Gasteiger partial charge is 0.256 e. The second-order valence-electron chi connectivity index (χ2n) is 5.62. The van der Waals surface area contributed by atoms with Crippen LogP contribution in [0.1, 0.15) is 29.2 Å². The summed E-state index contributed by atoms with van der Waals surface area (Å²) < 4.78 is 0. The van der Waals surface area contributed by atoms with E-state index >= 15 is 0 Å². The zero-order chi connectivity index (χ0) is 14.7. The van der Waals surface area contributed by atoms with Crippen molar-refractivity contribution < 1.29 is 0 Å². The fourth-order valence-corrected chi connectivity index (χ4v) is 3.02. The van der Waals surface area contributed by atoms with Gasteiger partial charge in [-0.1, -0.05) is 55.0 Å². The Kier molecular flexibility index (Phi) is 4.01. The van der Waals surface area contributed by atoms with Gasteiger partial charge in [-0.2, -0.15) is 0 Å². The maximum atomic E-state index is 4.58. The summed E-state index contributed by atoms with van der Waals surface area (Å²) in [4.78, 5) is 4.58. The molecule has 0 atom stereocenters. The Morgan fingerprint density at radius 2 is 1.86 bits per heavy atom. The van der Waals surface area contributed by atoms with Crippen molar-refractivity contribution in [2.75, 3.05) is 0 Å². The standard InChI is InChI=1S/C20H21N/c1-3-19-17(10-9-16-7-4-6-15(2)14-16)11-12-18-8-5-13-21-20(18)19/h4-8,11-14H,3,9-10H2,1-2H3. The van der Waals surface area contributed by atoms with Crippen LogP contribution in [0.2, 0.25) is 0 Å². The number of benzene rings is 2. The molecule has 106 valence electrons. The number of aromatic nitrogens is 1. The van der Waals surface area contributed by atoms with Gasteiger partial charge in [-0.25, -0.2) is 0 Å². The van der Waals surface area contributed by atoms with E-state index in [-0.39, 0.29) is 0 Å². The zero-order valence-corrected chi connectivity index (χ0v) is 12.8. The van der Waals surface area contributed by atoms with Crippen LogP contribution in [-0.2, 0) is 19.3 Å². The fourth-order valence-electron chi connectivity index (χ4n) is 3.02. The molecule has 3 aromatic rings. The molecule has 0 bridgehead atoms. The van der Waals surface area contributed by atoms with Crippen LogP contribution in [0.15, 0.2) is 54.7 Å². The molecule has 1 nitrogen and oxygen atoms in total. The third-order valence-electron chi connectivity index (χ3n) is 4.10. The Morgan fingerprint density at radius 3 is 2.67 bits per heavy atom. The van der Waals surface area contributed by atoms with Crippen LogP contribution in [0.5, 0.6) is 0 Å². The molecular weight excluding hydrogens is 254 g/mol. The van der Waals surface area contributed by atoms with Gasteiger partial charge in [0, 0.05) is 11.6 Å². The van der Waals surface area contributed by atoms with Gasteiger partial charge in [0.25, 0.3) is 0 Å². The summed E-state index contributed by atoms with van der Waals surface area (Å²) in [6.45, 7) is 4.38. The highest BCUT2D eigenvalue weighted by molar-refractivity contribution is 5.82. The molecule has 2 aromatic carbocycles. The van der Waals surface area contributed by atoms with Crippen LogP contribution in [0.25, 0.3) is 10.9 Å². The highest BCUT2D eigenvalue weighted by Crippen LogP contribution is 2.22. The van der Waals surface area contributed by atoms with Crippen molar-refractivity contribution in [3.8, 4) is 0 Å². The summed E-state index contributed by atoms with van der Waals surface area (Å²) in [6, 6.07) is 17.4. The van der Waals surface area contributed by atoms with Crippen LogP contribution < -0.4 is 0 Å². The number of hydrogen-bond acceptors (Lipinski definition) is 1. The molecule has 0 aliphatic rings. The number of rotatable bonds is 4. The third kappa shape index (κ3) is 2.97. The number of nitrogens with zero attached hydrogens (tertiary/aromatic N) is 1. The molecule has 1 heterocycles. The van der Waals surface area contributed by atoms with Crippen molar-refractivity contribution in [3.05, 3.63) is 77.0 Å². The molecule has 0 fully saturated rings. The van der Waals surface area contributed by atoms with Crippen molar-refractivity contribution in [2.24, 2.45) is 0 Å². The van der Waals surface area contributed by atoms with Gasteiger partial charge in [-0.15, -0.1) is 0 Å². The molecule has 3 rings (SSSR count). The van der Waals surface area contributed by atoms with E-state index in [2.05, 4.69) is 61.3 Å². The molecule has 0 spiro atoms. The fraction of sp³-hybridized carbons (Fsp3) is 0.250. The molecule has 0 radical (unpaired) electrons. The predicted molar refractivity (Wildman–Crippen MR) is 89.7 cm³/mol. The van der Waals surface area contributed by atoms with Gasteiger partial charge < -0.3 is 0 Å². The topological polar surface area (TPSA) is 12.9 Å². The molecule has 1 heteroatoms. The van der Waals surface area contributed by atoms with Gasteiger partial charge in [0.15, 0.2) is 0 Å². The second kappa shape index (κ2) is 6.09. The zero-order valence-electron chi connectivity index (χ0n) is 12.8. The first-order valence-corrected chi connectivity index (χ1v) is 7.69. The summed E-state index contributed by atoms with van der Waals surface area (Å²) in [5.41, 5.74) is 6.76. The summed E-state index contributed by atoms with van der Waals surface area (Å²) in [5.74, 6) is 0. The summed E-state index contributed by atoms with van der Waals surface area (Å²) in [7, 11) is 0. The predicted octanol–water partition coefficient (Wildman–Crippen LogP) is 4.89. The van der Waals surface area contributed by atoms with Gasteiger partial charge in [0.1, 0.15) is 0 Å². The molecular formula is C20H21N. The van der Waals surface area contributed by atoms with E-state index < -0.39 is 0 Å². The molecule has 0 aliphatic carbocycles. The first-order chi connectivity index (χ1) is 10.3. The number of pyridine rings is 1. The SMILES string of the molecule is CCc1c(CCc2cccc(C)c2)ccc2cccnc12. The minimum atomic E-state index is 1.04. The Hall–Kier alpha value is -2.15. The average molecular weight is 275 g/mol. The van der Waals surface area contributed by atoms with Crippen LogP contribution in [-0.4, -0.2) is 4.98 Å². The van der Waals surface area contributed by atoms with Crippen molar-refractivity contribution >= 4 is 10.9 Å². The van der Waals surface area contributed by atoms with E-state index in [1.807, 2.05) is 12.3 Å². The number of fused-ring (bicyclic) bond motifs is 1. The van der Waals surface area contributed by atoms with E-state index in [1.54, 1.807) is 0 Å². The second-order valence-corrected chi connectivity index (χ2v) is 5.62. The lowest BCUT2D eigenvalue weighted by Gasteiger charge is -2.11.